The van der Waals surface area contributed by atoms with Gasteiger partial charge in [0.25, 0.3) is 0 Å². The Morgan fingerprint density at radius 2 is 2.17 bits per heavy atom. The van der Waals surface area contributed by atoms with E-state index in [1.54, 1.807) is 22.9 Å². The van der Waals surface area contributed by atoms with Crippen LogP contribution in [0.3, 0.4) is 0 Å². The maximum Gasteiger partial charge on any atom is 0.227 e. The van der Waals surface area contributed by atoms with Gasteiger partial charge in [-0.1, -0.05) is 29.8 Å². The molecule has 1 saturated heterocycles. The van der Waals surface area contributed by atoms with Crippen molar-refractivity contribution in [2.24, 2.45) is 13.0 Å². The molecule has 0 saturated carbocycles. The summed E-state index contributed by atoms with van der Waals surface area (Å²) in [4.78, 5) is 27.5. The Hall–Kier alpha value is -3.26. The van der Waals surface area contributed by atoms with Gasteiger partial charge in [0.2, 0.25) is 11.9 Å². The number of amides is 1. The number of hydrogen-bond acceptors (Lipinski definition) is 6. The average Bonchev–Trinajstić information content (AvgIpc) is 3.31. The molecule has 8 heteroatoms. The number of carbonyl (C=O) groups is 1. The maximum absolute atomic E-state index is 14.1. The standard InChI is InChI=1S/C27H35N7O/c1-18-6-5-7-20(12-18)24-16-32(3)10-9-23(24)26(35)34-17-25-21(13-19(34)2)14-28-27(30-25)29-15-22-8-11-33(4)31-22/h5-8,11-12,14,19,23-24H,9-10,13,15-17H2,1-4H3,(H,28,29,30)/t19-,23+,24-/m1/s1/i1D3. The molecule has 1 N–H and O–H groups in total. The summed E-state index contributed by atoms with van der Waals surface area (Å²) < 4.78 is 25.3. The quantitative estimate of drug-likeness (QED) is 0.610. The Morgan fingerprint density at radius 1 is 1.29 bits per heavy atom. The lowest BCUT2D eigenvalue weighted by molar-refractivity contribution is -0.141. The van der Waals surface area contributed by atoms with E-state index in [1.807, 2.05) is 36.5 Å². The Morgan fingerprint density at radius 3 is 2.97 bits per heavy atom. The van der Waals surface area contributed by atoms with Crippen molar-refractivity contribution in [3.8, 4) is 0 Å². The molecule has 0 spiro atoms. The van der Waals surface area contributed by atoms with Crippen LogP contribution < -0.4 is 5.32 Å². The van der Waals surface area contributed by atoms with Crippen LogP contribution in [-0.2, 0) is 31.4 Å². The third-order valence-corrected chi connectivity index (χ3v) is 7.25. The topological polar surface area (TPSA) is 79.2 Å². The number of rotatable bonds is 5. The van der Waals surface area contributed by atoms with E-state index < -0.39 is 6.85 Å². The third kappa shape index (κ3) is 5.07. The highest BCUT2D eigenvalue weighted by Gasteiger charge is 2.39. The van der Waals surface area contributed by atoms with Gasteiger partial charge in [-0.3, -0.25) is 9.48 Å². The molecule has 1 aromatic carbocycles. The van der Waals surface area contributed by atoms with Crippen molar-refractivity contribution in [2.45, 2.75) is 51.7 Å². The van der Waals surface area contributed by atoms with Gasteiger partial charge in [0, 0.05) is 48.0 Å². The van der Waals surface area contributed by atoms with Gasteiger partial charge in [-0.15, -0.1) is 0 Å². The lowest BCUT2D eigenvalue weighted by Crippen LogP contribution is -2.50. The van der Waals surface area contributed by atoms with E-state index in [1.165, 1.54) is 0 Å². The lowest BCUT2D eigenvalue weighted by atomic mass is 9.79. The van der Waals surface area contributed by atoms with Crippen molar-refractivity contribution in [1.82, 2.24) is 29.5 Å². The van der Waals surface area contributed by atoms with E-state index in [0.717, 1.165) is 35.5 Å². The average molecular weight is 477 g/mol. The van der Waals surface area contributed by atoms with Crippen LogP contribution in [0.1, 0.15) is 51.5 Å². The van der Waals surface area contributed by atoms with Gasteiger partial charge in [0.15, 0.2) is 0 Å². The molecule has 1 fully saturated rings. The second-order valence-electron chi connectivity index (χ2n) is 9.91. The fourth-order valence-corrected chi connectivity index (χ4v) is 5.33. The van der Waals surface area contributed by atoms with Crippen LogP contribution in [0, 0.1) is 12.8 Å². The van der Waals surface area contributed by atoms with E-state index in [9.17, 15) is 4.79 Å². The van der Waals surface area contributed by atoms with Crippen molar-refractivity contribution in [3.63, 3.8) is 0 Å². The van der Waals surface area contributed by atoms with Crippen LogP contribution in [0.25, 0.3) is 0 Å². The Kier molecular flexibility index (Phi) is 5.58. The molecule has 2 aliphatic rings. The van der Waals surface area contributed by atoms with Gasteiger partial charge in [-0.25, -0.2) is 9.97 Å². The number of nitrogens with one attached hydrogen (secondary N) is 1. The minimum Gasteiger partial charge on any atom is -0.348 e. The zero-order valence-electron chi connectivity index (χ0n) is 23.6. The molecule has 0 aliphatic carbocycles. The first-order chi connectivity index (χ1) is 18.1. The van der Waals surface area contributed by atoms with E-state index in [4.69, 9.17) is 9.10 Å². The van der Waals surface area contributed by atoms with E-state index in [-0.39, 0.29) is 23.8 Å². The minimum atomic E-state index is -2.18. The normalized spacial score (nSPS) is 24.3. The first-order valence-electron chi connectivity index (χ1n) is 13.7. The zero-order chi connectivity index (χ0) is 27.0. The summed E-state index contributed by atoms with van der Waals surface area (Å²) in [6, 6.07) is 9.13. The summed E-state index contributed by atoms with van der Waals surface area (Å²) in [6.45, 7) is 2.39. The number of aryl methyl sites for hydroxylation is 2. The number of carbonyl (C=O) groups excluding carboxylic acids is 1. The molecule has 0 radical (unpaired) electrons. The number of nitrogens with zero attached hydrogens (tertiary/aromatic N) is 6. The number of hydrogen-bond donors (Lipinski definition) is 1. The molecule has 4 heterocycles. The summed E-state index contributed by atoms with van der Waals surface area (Å²) in [5.41, 5.74) is 4.06. The summed E-state index contributed by atoms with van der Waals surface area (Å²) >= 11 is 0. The fraction of sp³-hybridized carbons (Fsp3) is 0.481. The Labute approximate surface area is 211 Å². The van der Waals surface area contributed by atoms with Crippen LogP contribution in [-0.4, -0.2) is 61.6 Å². The fourth-order valence-electron chi connectivity index (χ4n) is 5.33. The molecule has 35 heavy (non-hydrogen) atoms. The summed E-state index contributed by atoms with van der Waals surface area (Å²) in [5, 5.41) is 7.62. The van der Waals surface area contributed by atoms with E-state index in [0.29, 0.717) is 37.6 Å². The Bertz CT molecular complexity index is 1310. The second kappa shape index (κ2) is 9.77. The third-order valence-electron chi connectivity index (χ3n) is 7.25. The van der Waals surface area contributed by atoms with Gasteiger partial charge in [0.1, 0.15) is 0 Å². The maximum atomic E-state index is 14.1. The van der Waals surface area contributed by atoms with Crippen LogP contribution in [0.4, 0.5) is 5.95 Å². The van der Waals surface area contributed by atoms with Crippen molar-refractivity contribution >= 4 is 11.9 Å². The summed E-state index contributed by atoms with van der Waals surface area (Å²) in [6.07, 6.45) is 5.19. The SMILES string of the molecule is [2H]C([2H])([2H])c1cccc([C@H]2CN(C)CC[C@@H]2C(=O)N2Cc3nc(NCc4ccn(C)n4)ncc3C[C@H]2C)c1. The molecule has 184 valence electrons. The van der Waals surface area contributed by atoms with Gasteiger partial charge in [-0.2, -0.15) is 5.10 Å². The lowest BCUT2D eigenvalue weighted by Gasteiger charge is -2.42. The monoisotopic (exact) mass is 476 g/mol. The molecule has 0 unspecified atom stereocenters. The van der Waals surface area contributed by atoms with Gasteiger partial charge in [-0.05, 0) is 57.4 Å². The predicted molar refractivity (Wildman–Crippen MR) is 136 cm³/mol. The predicted octanol–water partition coefficient (Wildman–Crippen LogP) is 3.14. The molecule has 8 nitrogen and oxygen atoms in total. The summed E-state index contributed by atoms with van der Waals surface area (Å²) in [7, 11) is 3.93. The molecule has 3 atom stereocenters. The van der Waals surface area contributed by atoms with Crippen LogP contribution in [0.15, 0.2) is 42.7 Å². The van der Waals surface area contributed by atoms with Crippen molar-refractivity contribution in [3.05, 3.63) is 70.8 Å². The minimum absolute atomic E-state index is 0.0277. The molecular weight excluding hydrogens is 438 g/mol. The molecule has 2 aliphatic heterocycles. The van der Waals surface area contributed by atoms with E-state index in [2.05, 4.69) is 34.3 Å². The number of fused-ring (bicyclic) bond motifs is 1. The van der Waals surface area contributed by atoms with Crippen LogP contribution in [0.2, 0.25) is 0 Å². The molecule has 2 aromatic heterocycles. The number of likely N-dealkylation sites (N-methyl/N-ethyl adjacent to an activating group) is 1. The van der Waals surface area contributed by atoms with Gasteiger partial charge < -0.3 is 15.1 Å². The van der Waals surface area contributed by atoms with Gasteiger partial charge >= 0.3 is 0 Å². The van der Waals surface area contributed by atoms with Crippen molar-refractivity contribution in [1.29, 1.82) is 0 Å². The first kappa shape index (κ1) is 20.0. The molecule has 1 amide bonds. The van der Waals surface area contributed by atoms with Crippen molar-refractivity contribution < 1.29 is 8.91 Å². The molecule has 0 bridgehead atoms. The number of benzene rings is 1. The highest BCUT2D eigenvalue weighted by Crippen LogP contribution is 2.35. The Balaban J connectivity index is 1.35. The zero-order valence-corrected chi connectivity index (χ0v) is 20.6. The number of anilines is 1. The highest BCUT2D eigenvalue weighted by atomic mass is 16.2. The first-order valence-corrected chi connectivity index (χ1v) is 12.2. The van der Waals surface area contributed by atoms with Crippen LogP contribution >= 0.6 is 0 Å². The van der Waals surface area contributed by atoms with E-state index >= 15 is 0 Å². The number of likely N-dealkylation sites (tertiary alicyclic amines) is 1. The van der Waals surface area contributed by atoms with Gasteiger partial charge in [0.05, 0.1) is 24.5 Å². The highest BCUT2D eigenvalue weighted by molar-refractivity contribution is 5.81. The largest absolute Gasteiger partial charge is 0.348 e. The molecule has 5 rings (SSSR count). The second-order valence-corrected chi connectivity index (χ2v) is 9.91. The molecular formula is C27H35N7O. The van der Waals surface area contributed by atoms with Crippen LogP contribution in [0.5, 0.6) is 0 Å². The summed E-state index contributed by atoms with van der Waals surface area (Å²) in [5.74, 6) is 0.348. The smallest absolute Gasteiger partial charge is 0.227 e. The number of aromatic nitrogens is 4. The number of piperidine rings is 1. The molecule has 3 aromatic rings. The van der Waals surface area contributed by atoms with Crippen molar-refractivity contribution in [2.75, 3.05) is 25.5 Å².